The average molecular weight is 341 g/mol. The van der Waals surface area contributed by atoms with Crippen molar-refractivity contribution in [3.8, 4) is 0 Å². The molecule has 1 atom stereocenters. The van der Waals surface area contributed by atoms with E-state index in [-0.39, 0.29) is 12.1 Å². The molecular formula is C21H40O3. The van der Waals surface area contributed by atoms with Gasteiger partial charge >= 0.3 is 5.97 Å². The highest BCUT2D eigenvalue weighted by atomic mass is 16.5. The van der Waals surface area contributed by atoms with Crippen molar-refractivity contribution >= 4 is 5.97 Å². The van der Waals surface area contributed by atoms with Crippen molar-refractivity contribution in [1.82, 2.24) is 0 Å². The van der Waals surface area contributed by atoms with Crippen LogP contribution in [0.2, 0.25) is 0 Å². The number of hydrogen-bond donors (Lipinski definition) is 1. The van der Waals surface area contributed by atoms with E-state index in [1.54, 1.807) is 6.08 Å². The predicted octanol–water partition coefficient (Wildman–Crippen LogP) is 5.95. The summed E-state index contributed by atoms with van der Waals surface area (Å²) in [5.74, 6) is -0.108. The van der Waals surface area contributed by atoms with Gasteiger partial charge in [0.15, 0.2) is 0 Å². The zero-order chi connectivity index (χ0) is 17.9. The molecule has 0 aromatic carbocycles. The van der Waals surface area contributed by atoms with Gasteiger partial charge in [-0.1, -0.05) is 90.2 Å². The molecule has 0 heterocycles. The van der Waals surface area contributed by atoms with Crippen molar-refractivity contribution in [3.63, 3.8) is 0 Å². The molecule has 0 saturated carbocycles. The minimum Gasteiger partial charge on any atom is -0.461 e. The molecule has 0 fully saturated rings. The topological polar surface area (TPSA) is 46.5 Å². The molecule has 0 amide bonds. The van der Waals surface area contributed by atoms with E-state index in [4.69, 9.17) is 4.74 Å². The minimum atomic E-state index is -0.108. The number of esters is 1. The van der Waals surface area contributed by atoms with Gasteiger partial charge in [-0.2, -0.15) is 0 Å². The first-order valence-electron chi connectivity index (χ1n) is 10.1. The van der Waals surface area contributed by atoms with E-state index in [0.29, 0.717) is 13.0 Å². The lowest BCUT2D eigenvalue weighted by atomic mass is 10.0. The summed E-state index contributed by atoms with van der Waals surface area (Å²) in [6.07, 6.45) is 18.4. The molecule has 0 bridgehead atoms. The summed E-state index contributed by atoms with van der Waals surface area (Å²) in [6, 6.07) is 0. The Kier molecular flexibility index (Phi) is 17.9. The molecule has 0 spiro atoms. The highest BCUT2D eigenvalue weighted by molar-refractivity contribution is 5.69. The lowest BCUT2D eigenvalue weighted by Gasteiger charge is -2.10. The number of ether oxygens (including phenoxy) is 1. The fourth-order valence-electron chi connectivity index (χ4n) is 2.89. The molecule has 0 aliphatic heterocycles. The van der Waals surface area contributed by atoms with E-state index in [1.165, 1.54) is 57.8 Å². The van der Waals surface area contributed by atoms with Gasteiger partial charge in [-0.15, -0.1) is 0 Å². The average Bonchev–Trinajstić information content (AvgIpc) is 2.58. The summed E-state index contributed by atoms with van der Waals surface area (Å²) >= 11 is 0. The van der Waals surface area contributed by atoms with E-state index in [9.17, 15) is 9.90 Å². The quantitative estimate of drug-likeness (QED) is 0.190. The van der Waals surface area contributed by atoms with Crippen LogP contribution in [0, 0.1) is 0 Å². The SMILES string of the molecule is C=CCOC(=O)CCCCCCCCCCC(O)CCCCCC. The molecule has 1 unspecified atom stereocenters. The van der Waals surface area contributed by atoms with Crippen LogP contribution in [0.5, 0.6) is 0 Å². The molecule has 0 aliphatic carbocycles. The van der Waals surface area contributed by atoms with Gasteiger partial charge in [0.2, 0.25) is 0 Å². The molecule has 0 saturated heterocycles. The van der Waals surface area contributed by atoms with Crippen LogP contribution in [0.3, 0.4) is 0 Å². The summed E-state index contributed by atoms with van der Waals surface area (Å²) in [6.45, 7) is 6.06. The lowest BCUT2D eigenvalue weighted by molar-refractivity contribution is -0.142. The second-order valence-corrected chi connectivity index (χ2v) is 6.84. The van der Waals surface area contributed by atoms with Gasteiger partial charge in [0.05, 0.1) is 6.10 Å². The molecule has 24 heavy (non-hydrogen) atoms. The second-order valence-electron chi connectivity index (χ2n) is 6.84. The van der Waals surface area contributed by atoms with E-state index in [1.807, 2.05) is 0 Å². The maximum absolute atomic E-state index is 11.3. The Balaban J connectivity index is 3.19. The minimum absolute atomic E-state index is 0.0808. The highest BCUT2D eigenvalue weighted by Gasteiger charge is 2.04. The summed E-state index contributed by atoms with van der Waals surface area (Å²) in [5, 5.41) is 9.90. The largest absolute Gasteiger partial charge is 0.461 e. The molecule has 3 heteroatoms. The highest BCUT2D eigenvalue weighted by Crippen LogP contribution is 2.14. The Labute approximate surface area is 149 Å². The van der Waals surface area contributed by atoms with Crippen LogP contribution >= 0.6 is 0 Å². The molecule has 0 aromatic heterocycles. The van der Waals surface area contributed by atoms with Gasteiger partial charge in [0.1, 0.15) is 6.61 Å². The van der Waals surface area contributed by atoms with Gasteiger partial charge in [0.25, 0.3) is 0 Å². The van der Waals surface area contributed by atoms with Crippen molar-refractivity contribution < 1.29 is 14.6 Å². The fraction of sp³-hybridized carbons (Fsp3) is 0.857. The predicted molar refractivity (Wildman–Crippen MR) is 102 cm³/mol. The van der Waals surface area contributed by atoms with Crippen molar-refractivity contribution in [1.29, 1.82) is 0 Å². The zero-order valence-electron chi connectivity index (χ0n) is 15.9. The van der Waals surface area contributed by atoms with Crippen molar-refractivity contribution in [2.45, 2.75) is 109 Å². The van der Waals surface area contributed by atoms with E-state index >= 15 is 0 Å². The molecular weight excluding hydrogens is 300 g/mol. The van der Waals surface area contributed by atoms with Gasteiger partial charge in [0, 0.05) is 6.42 Å². The maximum Gasteiger partial charge on any atom is 0.306 e. The van der Waals surface area contributed by atoms with E-state index in [0.717, 1.165) is 32.1 Å². The van der Waals surface area contributed by atoms with E-state index in [2.05, 4.69) is 13.5 Å². The fourth-order valence-corrected chi connectivity index (χ4v) is 2.89. The summed E-state index contributed by atoms with van der Waals surface area (Å²) in [4.78, 5) is 11.3. The first kappa shape index (κ1) is 23.2. The third-order valence-corrected chi connectivity index (χ3v) is 4.42. The zero-order valence-corrected chi connectivity index (χ0v) is 15.9. The molecule has 3 nitrogen and oxygen atoms in total. The third-order valence-electron chi connectivity index (χ3n) is 4.42. The summed E-state index contributed by atoms with van der Waals surface area (Å²) < 4.78 is 4.94. The number of hydrogen-bond acceptors (Lipinski definition) is 3. The van der Waals surface area contributed by atoms with Gasteiger partial charge in [-0.3, -0.25) is 4.79 Å². The normalized spacial score (nSPS) is 12.1. The standard InChI is InChI=1S/C21H40O3/c1-3-5-6-13-16-20(22)17-14-11-9-7-8-10-12-15-18-21(23)24-19-4-2/h4,20,22H,2-3,5-19H2,1H3. The molecule has 0 aliphatic rings. The smallest absolute Gasteiger partial charge is 0.306 e. The van der Waals surface area contributed by atoms with Crippen molar-refractivity contribution in [2.75, 3.05) is 6.61 Å². The number of carbonyl (C=O) groups is 1. The van der Waals surface area contributed by atoms with Gasteiger partial charge < -0.3 is 9.84 Å². The Morgan fingerprint density at radius 3 is 1.96 bits per heavy atom. The first-order valence-corrected chi connectivity index (χ1v) is 10.1. The Bertz CT molecular complexity index is 289. The Morgan fingerprint density at radius 2 is 1.42 bits per heavy atom. The molecule has 142 valence electrons. The van der Waals surface area contributed by atoms with Crippen LogP contribution in [-0.4, -0.2) is 23.8 Å². The second kappa shape index (κ2) is 18.5. The lowest BCUT2D eigenvalue weighted by Crippen LogP contribution is -2.05. The van der Waals surface area contributed by atoms with Crippen LogP contribution in [0.1, 0.15) is 103 Å². The van der Waals surface area contributed by atoms with E-state index < -0.39 is 0 Å². The number of rotatable bonds is 18. The number of carbonyl (C=O) groups excluding carboxylic acids is 1. The van der Waals surface area contributed by atoms with Crippen LogP contribution in [0.15, 0.2) is 12.7 Å². The van der Waals surface area contributed by atoms with Crippen LogP contribution < -0.4 is 0 Å². The maximum atomic E-state index is 11.3. The van der Waals surface area contributed by atoms with Crippen LogP contribution in [-0.2, 0) is 9.53 Å². The molecule has 0 aromatic rings. The number of aliphatic hydroxyl groups is 1. The van der Waals surface area contributed by atoms with Crippen LogP contribution in [0.25, 0.3) is 0 Å². The van der Waals surface area contributed by atoms with Gasteiger partial charge in [-0.25, -0.2) is 0 Å². The number of aliphatic hydroxyl groups excluding tert-OH is 1. The summed E-state index contributed by atoms with van der Waals surface area (Å²) in [5.41, 5.74) is 0. The Hall–Kier alpha value is -0.830. The monoisotopic (exact) mass is 340 g/mol. The van der Waals surface area contributed by atoms with Crippen molar-refractivity contribution in [2.24, 2.45) is 0 Å². The first-order chi connectivity index (χ1) is 11.7. The third kappa shape index (κ3) is 17.5. The molecule has 0 radical (unpaired) electrons. The Morgan fingerprint density at radius 1 is 0.917 bits per heavy atom. The van der Waals surface area contributed by atoms with Gasteiger partial charge in [-0.05, 0) is 19.3 Å². The molecule has 1 N–H and O–H groups in total. The van der Waals surface area contributed by atoms with Crippen molar-refractivity contribution in [3.05, 3.63) is 12.7 Å². The van der Waals surface area contributed by atoms with Crippen LogP contribution in [0.4, 0.5) is 0 Å². The summed E-state index contributed by atoms with van der Waals surface area (Å²) in [7, 11) is 0. The number of unbranched alkanes of at least 4 members (excludes halogenated alkanes) is 10. The molecule has 0 rings (SSSR count).